The maximum absolute atomic E-state index is 11.9. The third-order valence-corrected chi connectivity index (χ3v) is 4.30. The summed E-state index contributed by atoms with van der Waals surface area (Å²) in [6, 6.07) is 13.4. The number of benzene rings is 2. The summed E-state index contributed by atoms with van der Waals surface area (Å²) >= 11 is 0. The molecular formula is C22H30IN3O4. The Balaban J connectivity index is 0.00000450. The standard InChI is InChI=1S/C22H29N3O4.HI/c1-5-23-22(24-13-12-16-6-9-18(27-2)10-7-16)25-15-17-8-11-20(28-3)19(14-17)21(26)29-4;/h6-11,14H,5,12-13,15H2,1-4H3,(H2,23,24,25);1H. The van der Waals surface area contributed by atoms with E-state index < -0.39 is 5.97 Å². The third kappa shape index (κ3) is 7.74. The number of nitrogens with one attached hydrogen (secondary N) is 2. The molecule has 2 rings (SSSR count). The molecule has 2 aromatic carbocycles. The van der Waals surface area contributed by atoms with Gasteiger partial charge >= 0.3 is 5.97 Å². The first kappa shape index (κ1) is 25.5. The second kappa shape index (κ2) is 13.7. The number of carbonyl (C=O) groups excluding carboxylic acids is 1. The van der Waals surface area contributed by atoms with Crippen LogP contribution in [-0.2, 0) is 17.7 Å². The van der Waals surface area contributed by atoms with E-state index in [2.05, 4.69) is 27.8 Å². The lowest BCUT2D eigenvalue weighted by Gasteiger charge is -2.12. The van der Waals surface area contributed by atoms with E-state index in [1.54, 1.807) is 19.2 Å². The lowest BCUT2D eigenvalue weighted by Crippen LogP contribution is -2.38. The highest BCUT2D eigenvalue weighted by atomic mass is 127. The molecule has 8 heteroatoms. The Labute approximate surface area is 195 Å². The number of carbonyl (C=O) groups is 1. The number of methoxy groups -OCH3 is 3. The summed E-state index contributed by atoms with van der Waals surface area (Å²) in [7, 11) is 4.53. The zero-order valence-electron chi connectivity index (χ0n) is 17.9. The average Bonchev–Trinajstić information content (AvgIpc) is 2.77. The number of guanidine groups is 1. The summed E-state index contributed by atoms with van der Waals surface area (Å²) in [4.78, 5) is 16.5. The van der Waals surface area contributed by atoms with Gasteiger partial charge in [0.2, 0.25) is 0 Å². The molecule has 0 aliphatic carbocycles. The fourth-order valence-electron chi connectivity index (χ4n) is 2.75. The number of hydrogen-bond acceptors (Lipinski definition) is 5. The quantitative estimate of drug-likeness (QED) is 0.225. The summed E-state index contributed by atoms with van der Waals surface area (Å²) in [6.07, 6.45) is 0.865. The van der Waals surface area contributed by atoms with E-state index in [9.17, 15) is 4.79 Å². The number of ether oxygens (including phenoxy) is 3. The summed E-state index contributed by atoms with van der Waals surface area (Å²) < 4.78 is 15.2. The number of esters is 1. The maximum Gasteiger partial charge on any atom is 0.341 e. The molecule has 2 aromatic rings. The molecular weight excluding hydrogens is 497 g/mol. The number of nitrogens with zero attached hydrogens (tertiary/aromatic N) is 1. The zero-order chi connectivity index (χ0) is 21.1. The molecule has 0 bridgehead atoms. The van der Waals surface area contributed by atoms with E-state index in [4.69, 9.17) is 14.2 Å². The maximum atomic E-state index is 11.9. The minimum atomic E-state index is -0.433. The SMILES string of the molecule is CCNC(=NCc1ccc(OC)c(C(=O)OC)c1)NCCc1ccc(OC)cc1.I. The highest BCUT2D eigenvalue weighted by Crippen LogP contribution is 2.21. The first-order valence-corrected chi connectivity index (χ1v) is 9.51. The Morgan fingerprint density at radius 1 is 0.967 bits per heavy atom. The Hall–Kier alpha value is -2.49. The number of halogens is 1. The van der Waals surface area contributed by atoms with E-state index >= 15 is 0 Å². The molecule has 0 fully saturated rings. The van der Waals surface area contributed by atoms with Crippen molar-refractivity contribution in [2.45, 2.75) is 19.9 Å². The molecule has 0 atom stereocenters. The third-order valence-electron chi connectivity index (χ3n) is 4.30. The van der Waals surface area contributed by atoms with Gasteiger partial charge in [0.25, 0.3) is 0 Å². The van der Waals surface area contributed by atoms with Crippen molar-refractivity contribution in [3.63, 3.8) is 0 Å². The van der Waals surface area contributed by atoms with Crippen molar-refractivity contribution >= 4 is 35.9 Å². The van der Waals surface area contributed by atoms with Crippen molar-refractivity contribution in [2.75, 3.05) is 34.4 Å². The summed E-state index contributed by atoms with van der Waals surface area (Å²) in [5.74, 6) is 1.62. The second-order valence-corrected chi connectivity index (χ2v) is 6.25. The fourth-order valence-corrected chi connectivity index (χ4v) is 2.75. The largest absolute Gasteiger partial charge is 0.497 e. The van der Waals surface area contributed by atoms with Crippen LogP contribution < -0.4 is 20.1 Å². The predicted molar refractivity (Wildman–Crippen MR) is 129 cm³/mol. The first-order valence-electron chi connectivity index (χ1n) is 9.51. The Bertz CT molecular complexity index is 826. The topological polar surface area (TPSA) is 81.2 Å². The van der Waals surface area contributed by atoms with Gasteiger partial charge in [-0.1, -0.05) is 18.2 Å². The molecule has 30 heavy (non-hydrogen) atoms. The fraction of sp³-hybridized carbons (Fsp3) is 0.364. The Morgan fingerprint density at radius 2 is 1.67 bits per heavy atom. The summed E-state index contributed by atoms with van der Waals surface area (Å²) in [5, 5.41) is 6.56. The molecule has 0 aliphatic rings. The molecule has 0 spiro atoms. The van der Waals surface area contributed by atoms with Crippen molar-refractivity contribution in [1.82, 2.24) is 10.6 Å². The van der Waals surface area contributed by atoms with Crippen LogP contribution in [0.3, 0.4) is 0 Å². The summed E-state index contributed by atoms with van der Waals surface area (Å²) in [5.41, 5.74) is 2.49. The van der Waals surface area contributed by atoms with Gasteiger partial charge in [-0.05, 0) is 48.7 Å². The molecule has 0 aromatic heterocycles. The van der Waals surface area contributed by atoms with Gasteiger partial charge in [-0.2, -0.15) is 0 Å². The van der Waals surface area contributed by atoms with Crippen LogP contribution in [0.1, 0.15) is 28.4 Å². The lowest BCUT2D eigenvalue weighted by molar-refractivity contribution is 0.0597. The zero-order valence-corrected chi connectivity index (χ0v) is 20.2. The molecule has 0 saturated carbocycles. The van der Waals surface area contributed by atoms with Crippen LogP contribution in [0.25, 0.3) is 0 Å². The van der Waals surface area contributed by atoms with Crippen LogP contribution in [0.4, 0.5) is 0 Å². The minimum Gasteiger partial charge on any atom is -0.497 e. The van der Waals surface area contributed by atoms with Crippen molar-refractivity contribution in [3.05, 3.63) is 59.2 Å². The lowest BCUT2D eigenvalue weighted by atomic mass is 10.1. The van der Waals surface area contributed by atoms with Gasteiger partial charge in [-0.25, -0.2) is 9.79 Å². The molecule has 0 heterocycles. The molecule has 0 unspecified atom stereocenters. The first-order chi connectivity index (χ1) is 14.1. The second-order valence-electron chi connectivity index (χ2n) is 6.25. The molecule has 164 valence electrons. The van der Waals surface area contributed by atoms with Gasteiger partial charge < -0.3 is 24.8 Å². The van der Waals surface area contributed by atoms with Crippen molar-refractivity contribution < 1.29 is 19.0 Å². The normalized spacial score (nSPS) is 10.6. The number of aliphatic imine (C=N–C) groups is 1. The number of hydrogen-bond donors (Lipinski definition) is 2. The van der Waals surface area contributed by atoms with E-state index in [1.807, 2.05) is 25.1 Å². The van der Waals surface area contributed by atoms with Gasteiger partial charge in [0, 0.05) is 13.1 Å². The van der Waals surface area contributed by atoms with Crippen LogP contribution >= 0.6 is 24.0 Å². The van der Waals surface area contributed by atoms with Crippen molar-refractivity contribution in [1.29, 1.82) is 0 Å². The predicted octanol–water partition coefficient (Wildman–Crippen LogP) is 3.41. The highest BCUT2D eigenvalue weighted by Gasteiger charge is 2.13. The van der Waals surface area contributed by atoms with E-state index in [0.717, 1.165) is 36.8 Å². The molecule has 0 amide bonds. The van der Waals surface area contributed by atoms with Crippen LogP contribution in [-0.4, -0.2) is 46.3 Å². The van der Waals surface area contributed by atoms with Gasteiger partial charge in [0.05, 0.1) is 27.9 Å². The molecule has 0 saturated heterocycles. The Kier molecular flexibility index (Phi) is 11.7. The number of rotatable bonds is 9. The van der Waals surface area contributed by atoms with Crippen molar-refractivity contribution in [2.24, 2.45) is 4.99 Å². The van der Waals surface area contributed by atoms with Gasteiger partial charge in [0.1, 0.15) is 17.1 Å². The van der Waals surface area contributed by atoms with Gasteiger partial charge in [0.15, 0.2) is 5.96 Å². The highest BCUT2D eigenvalue weighted by molar-refractivity contribution is 14.0. The van der Waals surface area contributed by atoms with E-state index in [1.165, 1.54) is 19.8 Å². The van der Waals surface area contributed by atoms with E-state index in [-0.39, 0.29) is 24.0 Å². The Morgan fingerprint density at radius 3 is 2.27 bits per heavy atom. The van der Waals surface area contributed by atoms with Gasteiger partial charge in [-0.15, -0.1) is 24.0 Å². The van der Waals surface area contributed by atoms with Crippen LogP contribution in [0.2, 0.25) is 0 Å². The van der Waals surface area contributed by atoms with Gasteiger partial charge in [-0.3, -0.25) is 0 Å². The van der Waals surface area contributed by atoms with E-state index in [0.29, 0.717) is 17.9 Å². The van der Waals surface area contributed by atoms with Crippen LogP contribution in [0, 0.1) is 0 Å². The average molecular weight is 527 g/mol. The van der Waals surface area contributed by atoms with Crippen molar-refractivity contribution in [3.8, 4) is 11.5 Å². The smallest absolute Gasteiger partial charge is 0.341 e. The summed E-state index contributed by atoms with van der Waals surface area (Å²) in [6.45, 7) is 3.94. The monoisotopic (exact) mass is 527 g/mol. The molecule has 0 aliphatic heterocycles. The molecule has 2 N–H and O–H groups in total. The van der Waals surface area contributed by atoms with Crippen LogP contribution in [0.15, 0.2) is 47.5 Å². The minimum absolute atomic E-state index is 0. The molecule has 0 radical (unpaired) electrons. The van der Waals surface area contributed by atoms with Crippen LogP contribution in [0.5, 0.6) is 11.5 Å². The molecule has 7 nitrogen and oxygen atoms in total.